The third-order valence-electron chi connectivity index (χ3n) is 4.15. The average Bonchev–Trinajstić information content (AvgIpc) is 2.50. The van der Waals surface area contributed by atoms with Crippen molar-refractivity contribution >= 4 is 13.1 Å². The highest BCUT2D eigenvalue weighted by atomic mass is 19.1. The van der Waals surface area contributed by atoms with E-state index in [0.717, 1.165) is 6.08 Å². The zero-order valence-corrected chi connectivity index (χ0v) is 11.9. The molecule has 0 radical (unpaired) electrons. The summed E-state index contributed by atoms with van der Waals surface area (Å²) in [5, 5.41) is 18.7. The molecule has 1 heterocycles. The first-order valence-corrected chi connectivity index (χ1v) is 6.42. The molecule has 0 bridgehead atoms. The summed E-state index contributed by atoms with van der Waals surface area (Å²) in [5.41, 5.74) is -1.46. The number of allylic oxidation sites excluding steroid dienone is 2. The van der Waals surface area contributed by atoms with Crippen LogP contribution in [0.1, 0.15) is 34.1 Å². The Hall–Kier alpha value is -1.18. The summed E-state index contributed by atoms with van der Waals surface area (Å²) in [7, 11) is -0.916. The van der Waals surface area contributed by atoms with Crippen LogP contribution in [0.2, 0.25) is 0 Å². The Morgan fingerprint density at radius 3 is 2.30 bits per heavy atom. The minimum atomic E-state index is -1.33. The van der Waals surface area contributed by atoms with Crippen molar-refractivity contribution in [1.29, 1.82) is 0 Å². The van der Waals surface area contributed by atoms with E-state index in [-0.39, 0.29) is 17.5 Å². The molecule has 1 atom stereocenters. The van der Waals surface area contributed by atoms with Gasteiger partial charge in [0, 0.05) is 0 Å². The first kappa shape index (κ1) is 15.2. The Balaban J connectivity index is 2.31. The SMILES string of the molecule is CC1(C)OB(C2=C(F)C=C(C(=O)O)C(O)C2)OC1(C)C. The summed E-state index contributed by atoms with van der Waals surface area (Å²) in [5.74, 6) is -2.05. The maximum atomic E-state index is 14.1. The molecule has 20 heavy (non-hydrogen) atoms. The van der Waals surface area contributed by atoms with Gasteiger partial charge in [-0.05, 0) is 45.7 Å². The lowest BCUT2D eigenvalue weighted by Gasteiger charge is -2.32. The molecule has 7 heteroatoms. The van der Waals surface area contributed by atoms with Crippen molar-refractivity contribution in [2.45, 2.75) is 51.4 Å². The van der Waals surface area contributed by atoms with Crippen LogP contribution in [-0.4, -0.2) is 40.6 Å². The van der Waals surface area contributed by atoms with Crippen molar-refractivity contribution in [1.82, 2.24) is 0 Å². The van der Waals surface area contributed by atoms with Gasteiger partial charge < -0.3 is 19.5 Å². The van der Waals surface area contributed by atoms with Gasteiger partial charge in [-0.25, -0.2) is 9.18 Å². The van der Waals surface area contributed by atoms with E-state index in [2.05, 4.69) is 0 Å². The summed E-state index contributed by atoms with van der Waals surface area (Å²) < 4.78 is 25.5. The molecule has 1 fully saturated rings. The minimum absolute atomic E-state index is 0.140. The van der Waals surface area contributed by atoms with Crippen molar-refractivity contribution < 1.29 is 28.7 Å². The van der Waals surface area contributed by atoms with E-state index >= 15 is 0 Å². The monoisotopic (exact) mass is 284 g/mol. The molecule has 0 aromatic rings. The fourth-order valence-corrected chi connectivity index (χ4v) is 2.14. The Labute approximate surface area is 117 Å². The van der Waals surface area contributed by atoms with Crippen LogP contribution >= 0.6 is 0 Å². The summed E-state index contributed by atoms with van der Waals surface area (Å²) in [6, 6.07) is 0. The van der Waals surface area contributed by atoms with Crippen molar-refractivity contribution in [3.63, 3.8) is 0 Å². The molecule has 0 saturated carbocycles. The summed E-state index contributed by atoms with van der Waals surface area (Å²) in [6.07, 6.45) is -0.585. The highest BCUT2D eigenvalue weighted by Crippen LogP contribution is 2.41. The molecule has 1 saturated heterocycles. The molecule has 1 unspecified atom stereocenters. The van der Waals surface area contributed by atoms with Crippen LogP contribution in [0.25, 0.3) is 0 Å². The smallest absolute Gasteiger partial charge is 0.478 e. The Kier molecular flexibility index (Phi) is 3.56. The number of carboxylic acid groups (broad SMARTS) is 1. The topological polar surface area (TPSA) is 76.0 Å². The number of carbonyl (C=O) groups is 1. The van der Waals surface area contributed by atoms with Gasteiger partial charge in [0.25, 0.3) is 0 Å². The van der Waals surface area contributed by atoms with Gasteiger partial charge in [0.15, 0.2) is 0 Å². The fourth-order valence-electron chi connectivity index (χ4n) is 2.14. The van der Waals surface area contributed by atoms with Gasteiger partial charge in [-0.3, -0.25) is 0 Å². The highest BCUT2D eigenvalue weighted by molar-refractivity contribution is 6.55. The van der Waals surface area contributed by atoms with Crippen LogP contribution < -0.4 is 0 Å². The van der Waals surface area contributed by atoms with Gasteiger partial charge in [-0.1, -0.05) is 0 Å². The number of carboxylic acids is 1. The molecule has 5 nitrogen and oxygen atoms in total. The average molecular weight is 284 g/mol. The third kappa shape index (κ3) is 2.41. The summed E-state index contributed by atoms with van der Waals surface area (Å²) >= 11 is 0. The lowest BCUT2D eigenvalue weighted by atomic mass is 9.71. The van der Waals surface area contributed by atoms with Crippen LogP contribution in [0.5, 0.6) is 0 Å². The lowest BCUT2D eigenvalue weighted by molar-refractivity contribution is -0.133. The van der Waals surface area contributed by atoms with Crippen LogP contribution in [-0.2, 0) is 14.1 Å². The van der Waals surface area contributed by atoms with Crippen LogP contribution in [0.15, 0.2) is 22.9 Å². The number of rotatable bonds is 2. The predicted molar refractivity (Wildman–Crippen MR) is 70.6 cm³/mol. The minimum Gasteiger partial charge on any atom is -0.478 e. The number of halogens is 1. The number of aliphatic carboxylic acids is 1. The van der Waals surface area contributed by atoms with Crippen molar-refractivity contribution in [2.75, 3.05) is 0 Å². The normalized spacial score (nSPS) is 28.6. The van der Waals surface area contributed by atoms with E-state index in [0.29, 0.717) is 0 Å². The van der Waals surface area contributed by atoms with E-state index < -0.39 is 36.2 Å². The molecule has 1 aliphatic carbocycles. The molecule has 0 amide bonds. The maximum absolute atomic E-state index is 14.1. The molecule has 2 N–H and O–H groups in total. The van der Waals surface area contributed by atoms with E-state index in [1.165, 1.54) is 0 Å². The quantitative estimate of drug-likeness (QED) is 0.753. The maximum Gasteiger partial charge on any atom is 0.493 e. The third-order valence-corrected chi connectivity index (χ3v) is 4.15. The second kappa shape index (κ2) is 4.68. The van der Waals surface area contributed by atoms with Gasteiger partial charge in [0.05, 0.1) is 22.9 Å². The van der Waals surface area contributed by atoms with Gasteiger partial charge in [-0.15, -0.1) is 0 Å². The highest BCUT2D eigenvalue weighted by Gasteiger charge is 2.53. The Morgan fingerprint density at radius 2 is 1.85 bits per heavy atom. The number of aliphatic hydroxyl groups excluding tert-OH is 1. The van der Waals surface area contributed by atoms with E-state index in [4.69, 9.17) is 14.4 Å². The van der Waals surface area contributed by atoms with Crippen LogP contribution in [0.4, 0.5) is 4.39 Å². The number of hydrogen-bond donors (Lipinski definition) is 2. The first-order valence-electron chi connectivity index (χ1n) is 6.42. The number of hydrogen-bond acceptors (Lipinski definition) is 4. The van der Waals surface area contributed by atoms with E-state index in [1.807, 2.05) is 27.7 Å². The van der Waals surface area contributed by atoms with E-state index in [9.17, 15) is 14.3 Å². The lowest BCUT2D eigenvalue weighted by Crippen LogP contribution is -2.41. The van der Waals surface area contributed by atoms with Crippen LogP contribution in [0, 0.1) is 0 Å². The van der Waals surface area contributed by atoms with Gasteiger partial charge >= 0.3 is 13.1 Å². The molecule has 0 aromatic heterocycles. The van der Waals surface area contributed by atoms with Crippen molar-refractivity contribution in [3.8, 4) is 0 Å². The van der Waals surface area contributed by atoms with Crippen molar-refractivity contribution in [3.05, 3.63) is 22.9 Å². The standard InChI is InChI=1S/C13H18BFO5/c1-12(2)13(3,4)20-14(19-12)8-6-10(16)7(11(17)18)5-9(8)15/h5,10,16H,6H2,1-4H3,(H,17,18). The zero-order chi connectivity index (χ0) is 15.3. The predicted octanol–water partition coefficient (Wildman–Crippen LogP) is 1.62. The van der Waals surface area contributed by atoms with E-state index in [1.54, 1.807) is 0 Å². The molecular formula is C13H18BFO5. The Bertz CT molecular complexity index is 493. The molecule has 2 aliphatic rings. The molecule has 2 rings (SSSR count). The first-order chi connectivity index (χ1) is 9.05. The fraction of sp³-hybridized carbons (Fsp3) is 0.615. The summed E-state index contributed by atoms with van der Waals surface area (Å²) in [4.78, 5) is 10.9. The van der Waals surface area contributed by atoms with Crippen molar-refractivity contribution in [2.24, 2.45) is 0 Å². The van der Waals surface area contributed by atoms with Gasteiger partial charge in [0.2, 0.25) is 0 Å². The molecule has 110 valence electrons. The zero-order valence-electron chi connectivity index (χ0n) is 11.9. The Morgan fingerprint density at radius 1 is 1.35 bits per heavy atom. The molecule has 0 spiro atoms. The van der Waals surface area contributed by atoms with Gasteiger partial charge in [0.1, 0.15) is 5.83 Å². The molecular weight excluding hydrogens is 266 g/mol. The molecule has 1 aliphatic heterocycles. The summed E-state index contributed by atoms with van der Waals surface area (Å²) in [6.45, 7) is 7.35. The second-order valence-corrected chi connectivity index (χ2v) is 6.09. The largest absolute Gasteiger partial charge is 0.493 e. The number of aliphatic hydroxyl groups is 1. The molecule has 0 aromatic carbocycles. The van der Waals surface area contributed by atoms with Gasteiger partial charge in [-0.2, -0.15) is 0 Å². The second-order valence-electron chi connectivity index (χ2n) is 6.09. The van der Waals surface area contributed by atoms with Crippen LogP contribution in [0.3, 0.4) is 0 Å².